The molecule has 170 valence electrons. The van der Waals surface area contributed by atoms with E-state index in [0.29, 0.717) is 17.7 Å². The highest BCUT2D eigenvalue weighted by molar-refractivity contribution is 6.02. The van der Waals surface area contributed by atoms with Crippen LogP contribution in [0.15, 0.2) is 42.5 Å². The maximum atomic E-state index is 13.8. The molecule has 0 aliphatic heterocycles. The number of halogens is 2. The Labute approximate surface area is 189 Å². The van der Waals surface area contributed by atoms with E-state index in [2.05, 4.69) is 39.8 Å². The summed E-state index contributed by atoms with van der Waals surface area (Å²) >= 11 is 0. The van der Waals surface area contributed by atoms with Crippen LogP contribution >= 0.6 is 0 Å². The molecule has 1 amide bonds. The van der Waals surface area contributed by atoms with Gasteiger partial charge in [0.15, 0.2) is 11.6 Å². The van der Waals surface area contributed by atoms with Gasteiger partial charge in [0, 0.05) is 23.5 Å². The number of hydrogen-bond acceptors (Lipinski definition) is 1. The first-order valence-electron chi connectivity index (χ1n) is 11.1. The van der Waals surface area contributed by atoms with E-state index in [-0.39, 0.29) is 5.41 Å². The molecule has 0 fully saturated rings. The molecule has 0 aliphatic carbocycles. The average molecular weight is 439 g/mol. The zero-order chi connectivity index (χ0) is 23.6. The van der Waals surface area contributed by atoms with Crippen molar-refractivity contribution in [1.29, 1.82) is 0 Å². The van der Waals surface area contributed by atoms with Gasteiger partial charge in [-0.1, -0.05) is 64.4 Å². The van der Waals surface area contributed by atoms with Crippen molar-refractivity contribution < 1.29 is 13.6 Å². The molecule has 0 bridgehead atoms. The minimum Gasteiger partial charge on any atom is -0.366 e. The normalized spacial score (nSPS) is 11.7. The Kier molecular flexibility index (Phi) is 6.87. The molecular formula is C27H32F2N2O. The van der Waals surface area contributed by atoms with E-state index < -0.39 is 17.5 Å². The minimum absolute atomic E-state index is 0.0184. The summed E-state index contributed by atoms with van der Waals surface area (Å²) in [5.74, 6) is -2.24. The predicted molar refractivity (Wildman–Crippen MR) is 126 cm³/mol. The van der Waals surface area contributed by atoms with Gasteiger partial charge in [-0.15, -0.1) is 0 Å². The van der Waals surface area contributed by atoms with Gasteiger partial charge in [-0.2, -0.15) is 0 Å². The molecule has 3 aromatic rings. The molecule has 2 aromatic carbocycles. The molecule has 1 heterocycles. The zero-order valence-electron chi connectivity index (χ0n) is 19.6. The van der Waals surface area contributed by atoms with Gasteiger partial charge in [-0.25, -0.2) is 8.78 Å². The molecule has 0 radical (unpaired) electrons. The summed E-state index contributed by atoms with van der Waals surface area (Å²) in [5.41, 5.74) is 11.7. The number of nitrogens with two attached hydrogens (primary N) is 1. The Bertz CT molecular complexity index is 1120. The van der Waals surface area contributed by atoms with Gasteiger partial charge < -0.3 is 10.3 Å². The molecule has 5 heteroatoms. The SMILES string of the molecule is CCCCc1c(-c2ccc(C(C)(C)C)cc2)c(C(N)=O)c(C)n1Cc1ccc(F)c(F)c1. The number of hydrogen-bond donors (Lipinski definition) is 1. The Morgan fingerprint density at radius 2 is 1.69 bits per heavy atom. The van der Waals surface area contributed by atoms with Crippen LogP contribution in [0.5, 0.6) is 0 Å². The summed E-state index contributed by atoms with van der Waals surface area (Å²) in [6.07, 6.45) is 2.68. The fourth-order valence-corrected chi connectivity index (χ4v) is 4.19. The van der Waals surface area contributed by atoms with Crippen molar-refractivity contribution in [2.24, 2.45) is 5.73 Å². The van der Waals surface area contributed by atoms with Gasteiger partial charge in [0.25, 0.3) is 5.91 Å². The minimum atomic E-state index is -0.879. The van der Waals surface area contributed by atoms with Gasteiger partial charge >= 0.3 is 0 Å². The Hall–Kier alpha value is -2.95. The summed E-state index contributed by atoms with van der Waals surface area (Å²) in [7, 11) is 0. The number of carbonyl (C=O) groups is 1. The van der Waals surface area contributed by atoms with Crippen LogP contribution in [-0.4, -0.2) is 10.5 Å². The zero-order valence-corrected chi connectivity index (χ0v) is 19.6. The summed E-state index contributed by atoms with van der Waals surface area (Å²) in [5, 5.41) is 0. The first-order valence-corrected chi connectivity index (χ1v) is 11.1. The van der Waals surface area contributed by atoms with Crippen LogP contribution in [0.2, 0.25) is 0 Å². The summed E-state index contributed by atoms with van der Waals surface area (Å²) < 4.78 is 29.3. The van der Waals surface area contributed by atoms with Gasteiger partial charge in [-0.05, 0) is 54.0 Å². The molecule has 0 spiro atoms. The molecule has 0 atom stereocenters. The molecule has 3 nitrogen and oxygen atoms in total. The van der Waals surface area contributed by atoms with Crippen molar-refractivity contribution in [2.45, 2.75) is 65.8 Å². The molecule has 1 aromatic heterocycles. The van der Waals surface area contributed by atoms with Crippen LogP contribution in [0, 0.1) is 18.6 Å². The number of unbranched alkanes of at least 4 members (excludes halogenated alkanes) is 1. The number of amides is 1. The van der Waals surface area contributed by atoms with Crippen molar-refractivity contribution in [2.75, 3.05) is 0 Å². The third kappa shape index (κ3) is 4.77. The molecule has 3 rings (SSSR count). The van der Waals surface area contributed by atoms with Crippen molar-refractivity contribution >= 4 is 5.91 Å². The van der Waals surface area contributed by atoms with E-state index in [9.17, 15) is 13.6 Å². The number of primary amides is 1. The molecule has 2 N–H and O–H groups in total. The van der Waals surface area contributed by atoms with Crippen LogP contribution in [0.25, 0.3) is 11.1 Å². The molecule has 0 saturated heterocycles. The van der Waals surface area contributed by atoms with Crippen LogP contribution in [0.1, 0.15) is 73.4 Å². The van der Waals surface area contributed by atoms with E-state index in [1.165, 1.54) is 11.6 Å². The third-order valence-electron chi connectivity index (χ3n) is 6.01. The second-order valence-corrected chi connectivity index (χ2v) is 9.41. The average Bonchev–Trinajstić information content (AvgIpc) is 3.00. The van der Waals surface area contributed by atoms with E-state index >= 15 is 0 Å². The fraction of sp³-hybridized carbons (Fsp3) is 0.370. The highest BCUT2D eigenvalue weighted by atomic mass is 19.2. The monoisotopic (exact) mass is 438 g/mol. The first kappa shape index (κ1) is 23.7. The predicted octanol–water partition coefficient (Wildman–Crippen LogP) is 6.53. The topological polar surface area (TPSA) is 48.0 Å². The van der Waals surface area contributed by atoms with Crippen LogP contribution in [0.3, 0.4) is 0 Å². The molecule has 0 unspecified atom stereocenters. The highest BCUT2D eigenvalue weighted by Crippen LogP contribution is 2.35. The summed E-state index contributed by atoms with van der Waals surface area (Å²) in [6.45, 7) is 10.8. The Morgan fingerprint density at radius 1 is 1.03 bits per heavy atom. The van der Waals surface area contributed by atoms with E-state index in [4.69, 9.17) is 5.73 Å². The van der Waals surface area contributed by atoms with Crippen molar-refractivity contribution in [1.82, 2.24) is 4.57 Å². The van der Waals surface area contributed by atoms with E-state index in [1.54, 1.807) is 6.07 Å². The fourth-order valence-electron chi connectivity index (χ4n) is 4.19. The molecule has 32 heavy (non-hydrogen) atoms. The Morgan fingerprint density at radius 3 is 2.22 bits per heavy atom. The third-order valence-corrected chi connectivity index (χ3v) is 6.01. The van der Waals surface area contributed by atoms with Crippen molar-refractivity contribution in [3.05, 3.63) is 82.2 Å². The van der Waals surface area contributed by atoms with E-state index in [1.807, 2.05) is 23.6 Å². The second-order valence-electron chi connectivity index (χ2n) is 9.41. The quantitative estimate of drug-likeness (QED) is 0.448. The highest BCUT2D eigenvalue weighted by Gasteiger charge is 2.25. The summed E-state index contributed by atoms with van der Waals surface area (Å²) in [4.78, 5) is 12.5. The molecular weight excluding hydrogens is 406 g/mol. The lowest BCUT2D eigenvalue weighted by Gasteiger charge is -2.19. The number of nitrogens with zero attached hydrogens (tertiary/aromatic N) is 1. The smallest absolute Gasteiger partial charge is 0.251 e. The van der Waals surface area contributed by atoms with Crippen LogP contribution < -0.4 is 5.73 Å². The largest absolute Gasteiger partial charge is 0.366 e. The van der Waals surface area contributed by atoms with Crippen LogP contribution in [-0.2, 0) is 18.4 Å². The van der Waals surface area contributed by atoms with Gasteiger partial charge in [0.2, 0.25) is 0 Å². The van der Waals surface area contributed by atoms with Gasteiger partial charge in [-0.3, -0.25) is 4.79 Å². The van der Waals surface area contributed by atoms with E-state index in [0.717, 1.165) is 47.8 Å². The van der Waals surface area contributed by atoms with Crippen molar-refractivity contribution in [3.63, 3.8) is 0 Å². The lowest BCUT2D eigenvalue weighted by Crippen LogP contribution is -2.14. The Balaban J connectivity index is 2.19. The molecule has 0 aliphatic rings. The summed E-state index contributed by atoms with van der Waals surface area (Å²) in [6, 6.07) is 12.2. The number of carbonyl (C=O) groups excluding carboxylic acids is 1. The van der Waals surface area contributed by atoms with Crippen molar-refractivity contribution in [3.8, 4) is 11.1 Å². The number of benzene rings is 2. The lowest BCUT2D eigenvalue weighted by molar-refractivity contribution is 0.1000. The molecule has 0 saturated carbocycles. The van der Waals surface area contributed by atoms with Gasteiger partial charge in [0.1, 0.15) is 0 Å². The number of aromatic nitrogens is 1. The lowest BCUT2D eigenvalue weighted by atomic mass is 9.86. The van der Waals surface area contributed by atoms with Crippen LogP contribution in [0.4, 0.5) is 8.78 Å². The second kappa shape index (κ2) is 9.27. The maximum Gasteiger partial charge on any atom is 0.251 e. The van der Waals surface area contributed by atoms with Gasteiger partial charge in [0.05, 0.1) is 5.56 Å². The standard InChI is InChI=1S/C27H32F2N2O/c1-6-7-8-23-25(19-10-12-20(13-11-19)27(3,4)5)24(26(30)32)17(2)31(23)16-18-9-14-21(28)22(29)15-18/h9-15H,6-8,16H2,1-5H3,(H2,30,32). The first-order chi connectivity index (χ1) is 15.0. The maximum absolute atomic E-state index is 13.8. The number of rotatable bonds is 7.